The van der Waals surface area contributed by atoms with E-state index < -0.39 is 37.1 Å². The predicted octanol–water partition coefficient (Wildman–Crippen LogP) is -1.89. The Balaban J connectivity index is 3.32. The summed E-state index contributed by atoms with van der Waals surface area (Å²) in [7, 11) is -4.92. The molecule has 1 atom stereocenters. The van der Waals surface area contributed by atoms with Gasteiger partial charge in [-0.3, -0.25) is 19.6 Å². The van der Waals surface area contributed by atoms with Gasteiger partial charge in [0.25, 0.3) is 0 Å². The number of aryl methyl sites for hydroxylation is 1. The number of hydrogen-bond acceptors (Lipinski definition) is 6. The van der Waals surface area contributed by atoms with Crippen LogP contribution in [0.1, 0.15) is 18.2 Å². The van der Waals surface area contributed by atoms with Crippen molar-refractivity contribution in [2.75, 3.05) is 0 Å². The summed E-state index contributed by atoms with van der Waals surface area (Å²) in [6.45, 7) is 2.46. The van der Waals surface area contributed by atoms with Gasteiger partial charge in [0.15, 0.2) is 17.7 Å². The van der Waals surface area contributed by atoms with E-state index in [9.17, 15) is 19.3 Å². The van der Waals surface area contributed by atoms with Crippen LogP contribution >= 0.6 is 7.82 Å². The molecule has 1 heterocycles. The second-order valence-electron chi connectivity index (χ2n) is 4.24. The third-order valence-corrected chi connectivity index (χ3v) is 2.94. The van der Waals surface area contributed by atoms with E-state index in [0.29, 0.717) is 0 Å². The van der Waals surface area contributed by atoms with Gasteiger partial charge in [-0.2, -0.15) is 0 Å². The molecule has 10 nitrogen and oxygen atoms in total. The van der Waals surface area contributed by atoms with Crippen LogP contribution in [0.5, 0.6) is 11.5 Å². The maximum Gasteiger partial charge on any atom is 0.524 e. The number of carboxylic acids is 1. The van der Waals surface area contributed by atoms with E-state index in [2.05, 4.69) is 14.5 Å². The Morgan fingerprint density at radius 2 is 2.05 bits per heavy atom. The molecule has 0 bridgehead atoms. The molecule has 11 heteroatoms. The number of phosphoric acid groups is 1. The molecule has 0 saturated carbocycles. The number of nitrogens with zero attached hydrogens (tertiary/aromatic N) is 1. The molecule has 0 saturated heterocycles. The third-order valence-electron chi connectivity index (χ3n) is 2.50. The topological polar surface area (TPSA) is 168 Å². The smallest absolute Gasteiger partial charge is 0.505 e. The van der Waals surface area contributed by atoms with E-state index in [-0.39, 0.29) is 11.3 Å². The lowest BCUT2D eigenvalue weighted by molar-refractivity contribution is -0.469. The molecule has 0 aliphatic carbocycles. The number of aliphatic carboxylic acids is 1. The van der Waals surface area contributed by atoms with E-state index in [1.165, 1.54) is 6.92 Å². The first-order valence-electron chi connectivity index (χ1n) is 5.79. The fourth-order valence-corrected chi connectivity index (χ4v) is 1.87. The Kier molecular flexibility index (Phi) is 5.37. The van der Waals surface area contributed by atoms with E-state index in [1.54, 1.807) is 0 Å². The zero-order valence-corrected chi connectivity index (χ0v) is 12.4. The quantitative estimate of drug-likeness (QED) is 0.227. The summed E-state index contributed by atoms with van der Waals surface area (Å²) < 4.78 is 15.2. The Morgan fingerprint density at radius 1 is 1.45 bits per heavy atom. The number of phosphoric ester groups is 1. The average molecular weight is 333 g/mol. The van der Waals surface area contributed by atoms with Crippen molar-refractivity contribution in [1.29, 1.82) is 0 Å². The predicted molar refractivity (Wildman–Crippen MR) is 71.5 cm³/mol. The molecule has 22 heavy (non-hydrogen) atoms. The van der Waals surface area contributed by atoms with Crippen LogP contribution in [-0.4, -0.2) is 49.0 Å². The number of Topliss-reactive ketones (excluding diaryl/α,β-unsaturated/α-hetero) is 1. The SMILES string of the molecule is CC(=O)[C@H]([NH+]=Cc1c(OP(=O)(O)O)cnc(C)c1O)C(=O)O. The maximum atomic E-state index is 11.2. The number of rotatable bonds is 6. The van der Waals surface area contributed by atoms with Gasteiger partial charge in [-0.05, 0) is 6.92 Å². The number of carbonyl (C=O) groups excluding carboxylic acids is 1. The lowest BCUT2D eigenvalue weighted by Gasteiger charge is -2.10. The lowest BCUT2D eigenvalue weighted by Crippen LogP contribution is -2.81. The molecule has 0 radical (unpaired) electrons. The summed E-state index contributed by atoms with van der Waals surface area (Å²) >= 11 is 0. The second kappa shape index (κ2) is 6.65. The maximum absolute atomic E-state index is 11.2. The van der Waals surface area contributed by atoms with Crippen molar-refractivity contribution >= 4 is 25.8 Å². The van der Waals surface area contributed by atoms with Crippen LogP contribution < -0.4 is 9.52 Å². The highest BCUT2D eigenvalue weighted by Gasteiger charge is 2.28. The van der Waals surface area contributed by atoms with E-state index in [1.807, 2.05) is 0 Å². The van der Waals surface area contributed by atoms with Gasteiger partial charge in [-0.15, -0.1) is 0 Å². The van der Waals surface area contributed by atoms with Crippen LogP contribution in [0.2, 0.25) is 0 Å². The zero-order valence-electron chi connectivity index (χ0n) is 11.5. The standard InChI is InChI=1S/C11H13N2O8P/c1-5-10(15)7(3-13-9(6(2)14)11(16)17)8(4-12-5)21-22(18,19)20/h3-4,9,15H,1-2H3,(H,16,17)(H2,18,19,20)/p+1/t9-/m0/s1. The van der Waals surface area contributed by atoms with E-state index >= 15 is 0 Å². The molecule has 0 fully saturated rings. The average Bonchev–Trinajstić information content (AvgIpc) is 2.35. The first-order chi connectivity index (χ1) is 10.0. The summed E-state index contributed by atoms with van der Waals surface area (Å²) in [6, 6.07) is -1.59. The number of hydrogen-bond donors (Lipinski definition) is 5. The van der Waals surface area contributed by atoms with Gasteiger partial charge in [0.05, 0.1) is 11.9 Å². The van der Waals surface area contributed by atoms with E-state index in [0.717, 1.165) is 19.3 Å². The van der Waals surface area contributed by atoms with Crippen LogP contribution in [-0.2, 0) is 14.2 Å². The number of carboxylic acid groups (broad SMARTS) is 1. The van der Waals surface area contributed by atoms with Gasteiger partial charge < -0.3 is 14.7 Å². The first-order valence-corrected chi connectivity index (χ1v) is 7.32. The summed E-state index contributed by atoms with van der Waals surface area (Å²) in [4.78, 5) is 45.6. The summed E-state index contributed by atoms with van der Waals surface area (Å²) in [5, 5.41) is 18.7. The molecular weight excluding hydrogens is 319 g/mol. The van der Waals surface area contributed by atoms with Crippen molar-refractivity contribution in [3.63, 3.8) is 0 Å². The van der Waals surface area contributed by atoms with Gasteiger partial charge >= 0.3 is 19.8 Å². The number of aromatic nitrogens is 1. The summed E-state index contributed by atoms with van der Waals surface area (Å²) in [6.07, 6.45) is 1.86. The number of pyridine rings is 1. The number of ketones is 1. The summed E-state index contributed by atoms with van der Waals surface area (Å²) in [5.74, 6) is -3.11. The molecule has 5 N–H and O–H groups in total. The van der Waals surface area contributed by atoms with Crippen molar-refractivity contribution in [1.82, 2.24) is 4.98 Å². The minimum atomic E-state index is -4.92. The van der Waals surface area contributed by atoms with Crippen molar-refractivity contribution in [3.8, 4) is 11.5 Å². The van der Waals surface area contributed by atoms with Crippen LogP contribution in [0, 0.1) is 6.92 Å². The molecule has 0 aliphatic rings. The minimum absolute atomic E-state index is 0.112. The van der Waals surface area contributed by atoms with Crippen LogP contribution in [0.4, 0.5) is 0 Å². The molecule has 1 rings (SSSR count). The highest BCUT2D eigenvalue weighted by atomic mass is 31.2. The molecule has 0 unspecified atom stereocenters. The molecule has 0 amide bonds. The Hall–Kier alpha value is -2.29. The summed E-state index contributed by atoms with van der Waals surface area (Å²) in [5.41, 5.74) is -0.135. The molecule has 0 aliphatic heterocycles. The molecule has 1 aromatic heterocycles. The number of aromatic hydroxyl groups is 1. The Bertz CT molecular complexity index is 667. The van der Waals surface area contributed by atoms with Crippen molar-refractivity contribution in [3.05, 3.63) is 17.5 Å². The largest absolute Gasteiger partial charge is 0.524 e. The van der Waals surface area contributed by atoms with E-state index in [4.69, 9.17) is 14.9 Å². The lowest BCUT2D eigenvalue weighted by atomic mass is 10.2. The Morgan fingerprint density at radius 3 is 2.50 bits per heavy atom. The van der Waals surface area contributed by atoms with Crippen LogP contribution in [0.25, 0.3) is 0 Å². The number of nitrogens with one attached hydrogen (secondary N) is 1. The highest BCUT2D eigenvalue weighted by molar-refractivity contribution is 7.46. The van der Waals surface area contributed by atoms with Gasteiger partial charge in [0.2, 0.25) is 5.78 Å². The Labute approximate surface area is 124 Å². The molecule has 1 aromatic rings. The van der Waals surface area contributed by atoms with Crippen molar-refractivity contribution in [2.45, 2.75) is 19.9 Å². The fraction of sp³-hybridized carbons (Fsp3) is 0.273. The monoisotopic (exact) mass is 333 g/mol. The van der Waals surface area contributed by atoms with Crippen molar-refractivity contribution in [2.24, 2.45) is 0 Å². The normalized spacial score (nSPS) is 13.1. The van der Waals surface area contributed by atoms with Crippen LogP contribution in [0.3, 0.4) is 0 Å². The molecule has 0 aromatic carbocycles. The van der Waals surface area contributed by atoms with Crippen LogP contribution in [0.15, 0.2) is 6.20 Å². The first kappa shape index (κ1) is 17.8. The highest BCUT2D eigenvalue weighted by Crippen LogP contribution is 2.40. The fourth-order valence-electron chi connectivity index (χ4n) is 1.47. The molecule has 0 spiro atoms. The van der Waals surface area contributed by atoms with Gasteiger partial charge in [0.1, 0.15) is 5.56 Å². The van der Waals surface area contributed by atoms with Gasteiger partial charge in [-0.25, -0.2) is 14.4 Å². The minimum Gasteiger partial charge on any atom is -0.505 e. The molecular formula is C11H14N2O8P+. The molecule has 120 valence electrons. The zero-order chi connectivity index (χ0) is 17.1. The van der Waals surface area contributed by atoms with Gasteiger partial charge in [-0.1, -0.05) is 0 Å². The third kappa shape index (κ3) is 4.62. The van der Waals surface area contributed by atoms with Crippen molar-refractivity contribution < 1.29 is 43.7 Å². The van der Waals surface area contributed by atoms with Gasteiger partial charge in [0, 0.05) is 6.92 Å². The number of carbonyl (C=O) groups is 2. The second-order valence-corrected chi connectivity index (χ2v) is 5.41.